The van der Waals surface area contributed by atoms with E-state index in [9.17, 15) is 5.11 Å². The Bertz CT molecular complexity index is 826. The second-order valence-electron chi connectivity index (χ2n) is 11.2. The van der Waals surface area contributed by atoms with Gasteiger partial charge >= 0.3 is 0 Å². The Hall–Kier alpha value is -1.80. The van der Waals surface area contributed by atoms with Gasteiger partial charge in [0.15, 0.2) is 0 Å². The van der Waals surface area contributed by atoms with Gasteiger partial charge in [0.25, 0.3) is 0 Å². The molecule has 3 rings (SSSR count). The van der Waals surface area contributed by atoms with E-state index in [4.69, 9.17) is 4.74 Å². The molecule has 1 saturated carbocycles. The third-order valence-electron chi connectivity index (χ3n) is 7.77. The number of hydrogen-bond donors (Lipinski definition) is 1. The summed E-state index contributed by atoms with van der Waals surface area (Å²) in [5.74, 6) is 1.41. The van der Waals surface area contributed by atoms with Crippen molar-refractivity contribution in [1.29, 1.82) is 0 Å². The molecular weight excluding hydrogens is 416 g/mol. The zero-order valence-electron chi connectivity index (χ0n) is 22.0. The van der Waals surface area contributed by atoms with E-state index < -0.39 is 0 Å². The molecule has 2 nitrogen and oxygen atoms in total. The van der Waals surface area contributed by atoms with Crippen molar-refractivity contribution < 1.29 is 9.84 Å². The molecule has 1 fully saturated rings. The summed E-state index contributed by atoms with van der Waals surface area (Å²) in [6, 6.07) is 17.4. The van der Waals surface area contributed by atoms with Crippen LogP contribution in [0.3, 0.4) is 0 Å². The van der Waals surface area contributed by atoms with Crippen molar-refractivity contribution >= 4 is 0 Å². The van der Waals surface area contributed by atoms with Crippen molar-refractivity contribution in [3.63, 3.8) is 0 Å². The molecule has 0 saturated heterocycles. The molecule has 1 aliphatic rings. The number of rotatable bonds is 14. The summed E-state index contributed by atoms with van der Waals surface area (Å²) < 4.78 is 6.46. The Morgan fingerprint density at radius 2 is 1.59 bits per heavy atom. The Morgan fingerprint density at radius 3 is 2.29 bits per heavy atom. The maximum absolute atomic E-state index is 10.3. The lowest BCUT2D eigenvalue weighted by molar-refractivity contribution is 0.118. The zero-order valence-corrected chi connectivity index (χ0v) is 22.0. The highest BCUT2D eigenvalue weighted by molar-refractivity contribution is 5.43. The monoisotopic (exact) mass is 464 g/mol. The molecular formula is C32H48O2. The van der Waals surface area contributed by atoms with Gasteiger partial charge in [0.1, 0.15) is 12.4 Å². The fourth-order valence-electron chi connectivity index (χ4n) is 5.44. The molecule has 34 heavy (non-hydrogen) atoms. The highest BCUT2D eigenvalue weighted by atomic mass is 16.5. The molecule has 0 heterocycles. The van der Waals surface area contributed by atoms with Crippen molar-refractivity contribution in [2.45, 2.75) is 128 Å². The van der Waals surface area contributed by atoms with Crippen molar-refractivity contribution in [2.24, 2.45) is 0 Å². The standard InChI is InChI=1S/C32H48O2/c1-4-5-6-7-8-9-10-14-22-32(2,3)28-20-21-30(27-18-15-19-29(33)23-27)31(24-28)34-25-26-16-12-11-13-17-26/h11-13,16-17,20-21,24,27,29,33H,4-10,14-15,18-19,22-23,25H2,1-3H3/t27-,29+/m0/s1. The quantitative estimate of drug-likeness (QED) is 0.282. The summed E-state index contributed by atoms with van der Waals surface area (Å²) in [6.07, 6.45) is 15.9. The molecule has 1 aliphatic carbocycles. The van der Waals surface area contributed by atoms with E-state index >= 15 is 0 Å². The third kappa shape index (κ3) is 8.45. The van der Waals surface area contributed by atoms with Gasteiger partial charge in [-0.25, -0.2) is 0 Å². The molecule has 0 aliphatic heterocycles. The van der Waals surface area contributed by atoms with Crippen LogP contribution >= 0.6 is 0 Å². The van der Waals surface area contributed by atoms with Gasteiger partial charge in [0, 0.05) is 0 Å². The normalized spacial score (nSPS) is 18.7. The van der Waals surface area contributed by atoms with Crippen LogP contribution in [0.1, 0.15) is 127 Å². The smallest absolute Gasteiger partial charge is 0.123 e. The largest absolute Gasteiger partial charge is 0.489 e. The molecule has 0 bridgehead atoms. The maximum Gasteiger partial charge on any atom is 0.123 e. The van der Waals surface area contributed by atoms with Gasteiger partial charge < -0.3 is 9.84 Å². The van der Waals surface area contributed by atoms with E-state index in [1.54, 1.807) is 0 Å². The number of aliphatic hydroxyl groups excluding tert-OH is 1. The molecule has 0 amide bonds. The van der Waals surface area contributed by atoms with Crippen LogP contribution in [-0.2, 0) is 12.0 Å². The van der Waals surface area contributed by atoms with Crippen LogP contribution in [0.5, 0.6) is 5.75 Å². The van der Waals surface area contributed by atoms with Gasteiger partial charge in [-0.3, -0.25) is 0 Å². The first kappa shape index (κ1) is 26.8. The van der Waals surface area contributed by atoms with Crippen LogP contribution in [0.25, 0.3) is 0 Å². The van der Waals surface area contributed by atoms with Gasteiger partial charge in [-0.1, -0.05) is 121 Å². The second-order valence-corrected chi connectivity index (χ2v) is 11.2. The van der Waals surface area contributed by atoms with E-state index in [1.807, 2.05) is 6.07 Å². The lowest BCUT2D eigenvalue weighted by Crippen LogP contribution is -2.20. The van der Waals surface area contributed by atoms with Gasteiger partial charge in [0.05, 0.1) is 6.10 Å². The van der Waals surface area contributed by atoms with Crippen LogP contribution in [0.15, 0.2) is 48.5 Å². The van der Waals surface area contributed by atoms with Crippen LogP contribution < -0.4 is 4.74 Å². The van der Waals surface area contributed by atoms with Crippen LogP contribution in [0.4, 0.5) is 0 Å². The van der Waals surface area contributed by atoms with Gasteiger partial charge in [-0.05, 0) is 59.8 Å². The molecule has 2 aromatic carbocycles. The van der Waals surface area contributed by atoms with Crippen LogP contribution in [0.2, 0.25) is 0 Å². The summed E-state index contributed by atoms with van der Waals surface area (Å²) in [7, 11) is 0. The molecule has 0 unspecified atom stereocenters. The van der Waals surface area contributed by atoms with Gasteiger partial charge in [-0.15, -0.1) is 0 Å². The van der Waals surface area contributed by atoms with Crippen molar-refractivity contribution in [3.8, 4) is 5.75 Å². The maximum atomic E-state index is 10.3. The van der Waals surface area contributed by atoms with Crippen molar-refractivity contribution in [3.05, 3.63) is 65.2 Å². The molecule has 188 valence electrons. The molecule has 2 aromatic rings. The topological polar surface area (TPSA) is 29.5 Å². The second kappa shape index (κ2) is 13.9. The number of benzene rings is 2. The van der Waals surface area contributed by atoms with Crippen LogP contribution in [0, 0.1) is 0 Å². The number of aliphatic hydroxyl groups is 1. The van der Waals surface area contributed by atoms with E-state index in [0.717, 1.165) is 31.4 Å². The molecule has 1 N–H and O–H groups in total. The number of ether oxygens (including phenoxy) is 1. The zero-order chi connectivity index (χ0) is 24.2. The summed E-state index contributed by atoms with van der Waals surface area (Å²) in [6.45, 7) is 7.64. The van der Waals surface area contributed by atoms with Crippen molar-refractivity contribution in [1.82, 2.24) is 0 Å². The fraction of sp³-hybridized carbons (Fsp3) is 0.625. The predicted molar refractivity (Wildman–Crippen MR) is 145 cm³/mol. The molecule has 0 radical (unpaired) electrons. The van der Waals surface area contributed by atoms with E-state index in [1.165, 1.54) is 74.5 Å². The van der Waals surface area contributed by atoms with Crippen LogP contribution in [-0.4, -0.2) is 11.2 Å². The average Bonchev–Trinajstić information content (AvgIpc) is 2.85. The van der Waals surface area contributed by atoms with E-state index in [2.05, 4.69) is 63.2 Å². The lowest BCUT2D eigenvalue weighted by Gasteiger charge is -2.30. The minimum atomic E-state index is -0.182. The average molecular weight is 465 g/mol. The van der Waals surface area contributed by atoms with E-state index in [0.29, 0.717) is 12.5 Å². The van der Waals surface area contributed by atoms with Gasteiger partial charge in [0.2, 0.25) is 0 Å². The summed E-state index contributed by atoms with van der Waals surface area (Å²) in [5, 5.41) is 10.3. The minimum Gasteiger partial charge on any atom is -0.489 e. The van der Waals surface area contributed by atoms with E-state index in [-0.39, 0.29) is 11.5 Å². The number of unbranched alkanes of at least 4 members (excludes halogenated alkanes) is 7. The Morgan fingerprint density at radius 1 is 0.882 bits per heavy atom. The first-order chi connectivity index (χ1) is 16.5. The summed E-state index contributed by atoms with van der Waals surface area (Å²) >= 11 is 0. The third-order valence-corrected chi connectivity index (χ3v) is 7.77. The predicted octanol–water partition coefficient (Wildman–Crippen LogP) is 9.09. The van der Waals surface area contributed by atoms with Crippen molar-refractivity contribution in [2.75, 3.05) is 0 Å². The summed E-state index contributed by atoms with van der Waals surface area (Å²) in [5.41, 5.74) is 3.98. The molecule has 2 atom stereocenters. The first-order valence-electron chi connectivity index (χ1n) is 14.0. The fourth-order valence-corrected chi connectivity index (χ4v) is 5.44. The molecule has 0 spiro atoms. The molecule has 0 aromatic heterocycles. The highest BCUT2D eigenvalue weighted by Crippen LogP contribution is 2.41. The first-order valence-corrected chi connectivity index (χ1v) is 14.0. The number of hydrogen-bond acceptors (Lipinski definition) is 2. The summed E-state index contributed by atoms with van der Waals surface area (Å²) in [4.78, 5) is 0. The Labute approximate surface area is 209 Å². The van der Waals surface area contributed by atoms with Gasteiger partial charge in [-0.2, -0.15) is 0 Å². The molecule has 2 heteroatoms. The highest BCUT2D eigenvalue weighted by Gasteiger charge is 2.27. The Balaban J connectivity index is 1.65. The lowest BCUT2D eigenvalue weighted by atomic mass is 9.77. The minimum absolute atomic E-state index is 0.137. The Kier molecular flexibility index (Phi) is 11.0. The SMILES string of the molecule is CCCCCCCCCCC(C)(C)c1ccc([C@H]2CCC[C@@H](O)C2)c(OCc2ccccc2)c1.